The summed E-state index contributed by atoms with van der Waals surface area (Å²) in [5.41, 5.74) is 12.0. The molecule has 0 saturated heterocycles. The summed E-state index contributed by atoms with van der Waals surface area (Å²) in [5, 5.41) is 4.08. The van der Waals surface area contributed by atoms with E-state index in [0.29, 0.717) is 12.5 Å². The predicted molar refractivity (Wildman–Crippen MR) is 115 cm³/mol. The summed E-state index contributed by atoms with van der Waals surface area (Å²) in [5.74, 6) is 0.331. The molecule has 1 atom stereocenters. The number of aryl methyl sites for hydroxylation is 2. The van der Waals surface area contributed by atoms with Crippen molar-refractivity contribution in [3.05, 3.63) is 63.0 Å². The lowest BCUT2D eigenvalue weighted by molar-refractivity contribution is 0.774. The van der Waals surface area contributed by atoms with Crippen molar-refractivity contribution in [3.8, 4) is 11.1 Å². The summed E-state index contributed by atoms with van der Waals surface area (Å²) in [6.07, 6.45) is 0.774. The summed E-state index contributed by atoms with van der Waals surface area (Å²) in [6, 6.07) is 10.6. The lowest BCUT2D eigenvalue weighted by atomic mass is 9.93. The number of hydrogen-bond acceptors (Lipinski definition) is 4. The molecule has 0 aliphatic rings. The van der Waals surface area contributed by atoms with Crippen LogP contribution in [0.1, 0.15) is 36.7 Å². The molecule has 3 aromatic heterocycles. The van der Waals surface area contributed by atoms with Crippen molar-refractivity contribution in [1.82, 2.24) is 9.97 Å². The molecule has 1 aromatic carbocycles. The van der Waals surface area contributed by atoms with Gasteiger partial charge in [0.15, 0.2) is 0 Å². The molecule has 0 saturated carbocycles. The molecule has 0 aliphatic heterocycles. The van der Waals surface area contributed by atoms with Gasteiger partial charge in [-0.15, -0.1) is 11.3 Å². The van der Waals surface area contributed by atoms with Crippen molar-refractivity contribution >= 4 is 32.3 Å². The molecule has 0 amide bonds. The van der Waals surface area contributed by atoms with Crippen LogP contribution in [0.3, 0.4) is 0 Å². The van der Waals surface area contributed by atoms with Gasteiger partial charge in [-0.3, -0.25) is 9.78 Å². The third kappa shape index (κ3) is 2.87. The van der Waals surface area contributed by atoms with Gasteiger partial charge in [0.1, 0.15) is 4.70 Å². The molecule has 3 N–H and O–H groups in total. The number of pyridine rings is 2. The van der Waals surface area contributed by atoms with Gasteiger partial charge >= 0.3 is 0 Å². The normalized spacial score (nSPS) is 12.7. The fourth-order valence-electron chi connectivity index (χ4n) is 3.74. The van der Waals surface area contributed by atoms with E-state index in [2.05, 4.69) is 43.1 Å². The Labute approximate surface area is 162 Å². The number of nitrogens with two attached hydrogens (primary N) is 1. The quantitative estimate of drug-likeness (QED) is 0.540. The van der Waals surface area contributed by atoms with Crippen LogP contribution in [0.15, 0.2) is 40.5 Å². The zero-order valence-corrected chi connectivity index (χ0v) is 16.6. The Balaban J connectivity index is 2.07. The minimum atomic E-state index is -0.0362. The molecule has 4 nitrogen and oxygen atoms in total. The lowest BCUT2D eigenvalue weighted by Crippen LogP contribution is -2.09. The molecule has 0 bridgehead atoms. The van der Waals surface area contributed by atoms with Crippen LogP contribution in [-0.2, 0) is 6.42 Å². The Hall–Kier alpha value is -2.50. The minimum absolute atomic E-state index is 0.0362. The highest BCUT2D eigenvalue weighted by atomic mass is 32.1. The molecule has 4 aromatic rings. The van der Waals surface area contributed by atoms with Gasteiger partial charge in [0, 0.05) is 22.0 Å². The molecule has 0 radical (unpaired) electrons. The van der Waals surface area contributed by atoms with Crippen LogP contribution in [0.2, 0.25) is 0 Å². The van der Waals surface area contributed by atoms with Crippen molar-refractivity contribution in [3.63, 3.8) is 0 Å². The number of H-pyrrole nitrogens is 1. The Bertz CT molecular complexity index is 1190. The number of thiophene rings is 1. The van der Waals surface area contributed by atoms with Crippen LogP contribution in [0.4, 0.5) is 0 Å². The molecule has 0 aliphatic carbocycles. The van der Waals surface area contributed by atoms with E-state index in [9.17, 15) is 4.79 Å². The number of nitrogens with one attached hydrogen (secondary N) is 1. The van der Waals surface area contributed by atoms with E-state index >= 15 is 0 Å². The molecule has 27 heavy (non-hydrogen) atoms. The Morgan fingerprint density at radius 1 is 1.22 bits per heavy atom. The number of nitrogens with zero attached hydrogens (tertiary/aromatic N) is 1. The van der Waals surface area contributed by atoms with E-state index in [1.165, 1.54) is 16.9 Å². The second kappa shape index (κ2) is 6.91. The summed E-state index contributed by atoms with van der Waals surface area (Å²) in [4.78, 5) is 20.4. The molecular formula is C22H23N3OS. The monoisotopic (exact) mass is 377 g/mol. The van der Waals surface area contributed by atoms with E-state index in [1.54, 1.807) is 0 Å². The predicted octanol–water partition coefficient (Wildman–Crippen LogP) is 4.74. The fourth-order valence-corrected chi connectivity index (χ4v) is 4.54. The van der Waals surface area contributed by atoms with Crippen LogP contribution in [-0.4, -0.2) is 16.5 Å². The van der Waals surface area contributed by atoms with E-state index < -0.39 is 0 Å². The maximum absolute atomic E-state index is 12.5. The largest absolute Gasteiger partial charge is 0.330 e. The van der Waals surface area contributed by atoms with Crippen LogP contribution in [0, 0.1) is 6.92 Å². The van der Waals surface area contributed by atoms with E-state index in [1.807, 2.05) is 18.4 Å². The zero-order valence-electron chi connectivity index (χ0n) is 15.8. The molecule has 0 spiro atoms. The average molecular weight is 378 g/mol. The summed E-state index contributed by atoms with van der Waals surface area (Å²) >= 11 is 1.48. The van der Waals surface area contributed by atoms with Crippen molar-refractivity contribution in [1.29, 1.82) is 0 Å². The molecule has 0 fully saturated rings. The highest BCUT2D eigenvalue weighted by Crippen LogP contribution is 2.37. The number of hydrogen-bond donors (Lipinski definition) is 2. The molecule has 4 rings (SSSR count). The second-order valence-corrected chi connectivity index (χ2v) is 7.91. The average Bonchev–Trinajstić information content (AvgIpc) is 3.18. The van der Waals surface area contributed by atoms with Crippen molar-refractivity contribution < 1.29 is 0 Å². The standard InChI is InChI=1S/C22H23N3OS/c1-4-17-20-19(16-9-10-27-21(16)22(26)25-20)18(13(3)24-17)15-7-5-14(6-8-15)12(2)11-23/h5-10,12H,4,11,23H2,1-3H3,(H,25,26). The molecule has 1 unspecified atom stereocenters. The van der Waals surface area contributed by atoms with Crippen molar-refractivity contribution in [2.24, 2.45) is 5.73 Å². The number of aromatic nitrogens is 2. The van der Waals surface area contributed by atoms with Crippen LogP contribution >= 0.6 is 11.3 Å². The minimum Gasteiger partial charge on any atom is -0.330 e. The second-order valence-electron chi connectivity index (χ2n) is 7.00. The van der Waals surface area contributed by atoms with E-state index in [-0.39, 0.29) is 5.56 Å². The number of benzene rings is 1. The summed E-state index contributed by atoms with van der Waals surface area (Å²) in [7, 11) is 0. The topological polar surface area (TPSA) is 71.8 Å². The lowest BCUT2D eigenvalue weighted by Gasteiger charge is -2.15. The van der Waals surface area contributed by atoms with Gasteiger partial charge in [-0.25, -0.2) is 0 Å². The zero-order chi connectivity index (χ0) is 19.1. The van der Waals surface area contributed by atoms with Gasteiger partial charge in [-0.2, -0.15) is 0 Å². The van der Waals surface area contributed by atoms with Gasteiger partial charge < -0.3 is 10.7 Å². The van der Waals surface area contributed by atoms with Gasteiger partial charge in [-0.1, -0.05) is 38.1 Å². The number of rotatable bonds is 4. The molecule has 5 heteroatoms. The van der Waals surface area contributed by atoms with Gasteiger partial charge in [0.2, 0.25) is 0 Å². The Kier molecular flexibility index (Phi) is 4.58. The van der Waals surface area contributed by atoms with Gasteiger partial charge in [-0.05, 0) is 48.4 Å². The van der Waals surface area contributed by atoms with Crippen molar-refractivity contribution in [2.75, 3.05) is 6.54 Å². The van der Waals surface area contributed by atoms with Crippen LogP contribution < -0.4 is 11.3 Å². The molecular weight excluding hydrogens is 354 g/mol. The first-order valence-corrected chi connectivity index (χ1v) is 10.2. The third-order valence-corrected chi connectivity index (χ3v) is 6.20. The smallest absolute Gasteiger partial charge is 0.266 e. The van der Waals surface area contributed by atoms with Gasteiger partial charge in [0.25, 0.3) is 5.56 Å². The first kappa shape index (κ1) is 17.9. The van der Waals surface area contributed by atoms with Crippen LogP contribution in [0.25, 0.3) is 32.1 Å². The SMILES string of the molecule is CCc1nc(C)c(-c2ccc(C(C)CN)cc2)c2c1[nH]c(=O)c1sccc12. The van der Waals surface area contributed by atoms with Crippen molar-refractivity contribution in [2.45, 2.75) is 33.1 Å². The number of aromatic amines is 1. The van der Waals surface area contributed by atoms with E-state index in [4.69, 9.17) is 10.7 Å². The van der Waals surface area contributed by atoms with E-state index in [0.717, 1.165) is 49.9 Å². The van der Waals surface area contributed by atoms with Gasteiger partial charge in [0.05, 0.1) is 11.2 Å². The molecule has 138 valence electrons. The first-order chi connectivity index (χ1) is 13.0. The summed E-state index contributed by atoms with van der Waals surface area (Å²) in [6.45, 7) is 6.88. The highest BCUT2D eigenvalue weighted by molar-refractivity contribution is 7.17. The first-order valence-electron chi connectivity index (χ1n) is 9.28. The maximum atomic E-state index is 12.5. The Morgan fingerprint density at radius 3 is 2.63 bits per heavy atom. The summed E-state index contributed by atoms with van der Waals surface area (Å²) < 4.78 is 0.768. The maximum Gasteiger partial charge on any atom is 0.266 e. The number of fused-ring (bicyclic) bond motifs is 3. The Morgan fingerprint density at radius 2 is 1.96 bits per heavy atom. The highest BCUT2D eigenvalue weighted by Gasteiger charge is 2.18. The third-order valence-electron chi connectivity index (χ3n) is 5.29. The molecule has 3 heterocycles. The fraction of sp³-hybridized carbons (Fsp3) is 0.273. The van der Waals surface area contributed by atoms with Crippen LogP contribution in [0.5, 0.6) is 0 Å².